The van der Waals surface area contributed by atoms with E-state index in [0.717, 1.165) is 16.2 Å². The summed E-state index contributed by atoms with van der Waals surface area (Å²) in [5.41, 5.74) is -0.113. The molecule has 0 saturated heterocycles. The summed E-state index contributed by atoms with van der Waals surface area (Å²) in [4.78, 5) is 15.0. The Bertz CT molecular complexity index is 588. The molecule has 1 aromatic heterocycles. The molecule has 3 rings (SSSR count). The van der Waals surface area contributed by atoms with Crippen molar-refractivity contribution in [1.82, 2.24) is 4.98 Å². The van der Waals surface area contributed by atoms with Crippen molar-refractivity contribution in [3.05, 3.63) is 40.8 Å². The highest BCUT2D eigenvalue weighted by atomic mass is 16.1. The fourth-order valence-electron chi connectivity index (χ4n) is 1.52. The van der Waals surface area contributed by atoms with Crippen molar-refractivity contribution >= 4 is 21.5 Å². The molecule has 12 heavy (non-hydrogen) atoms. The third kappa shape index (κ3) is 0.593. The lowest BCUT2D eigenvalue weighted by Crippen LogP contribution is -2.03. The van der Waals surface area contributed by atoms with Gasteiger partial charge in [-0.25, -0.2) is 4.98 Å². The molecule has 2 heteroatoms. The van der Waals surface area contributed by atoms with E-state index in [2.05, 4.69) is 4.98 Å². The number of aromatic nitrogens is 1. The molecule has 1 heterocycles. The Morgan fingerprint density at radius 3 is 2.83 bits per heavy atom. The molecule has 0 unspecified atom stereocenters. The molecule has 56 valence electrons. The first-order valence-corrected chi connectivity index (χ1v) is 3.80. The Labute approximate surface area is 68.1 Å². The predicted octanol–water partition coefficient (Wildman–Crippen LogP) is 1.62. The normalized spacial score (nSPS) is 11.7. The second kappa shape index (κ2) is 1.72. The van der Waals surface area contributed by atoms with Crippen LogP contribution in [0, 0.1) is 0 Å². The van der Waals surface area contributed by atoms with E-state index in [4.69, 9.17) is 0 Å². The fraction of sp³-hybridized carbons (Fsp3) is 0. The van der Waals surface area contributed by atoms with Crippen LogP contribution >= 0.6 is 0 Å². The minimum absolute atomic E-state index is 0.113. The highest BCUT2D eigenvalue weighted by molar-refractivity contribution is 6.16. The lowest BCUT2D eigenvalue weighted by molar-refractivity contribution is 1.28. The highest BCUT2D eigenvalue weighted by Gasteiger charge is 2.08. The van der Waals surface area contributed by atoms with Gasteiger partial charge in [-0.3, -0.25) is 4.79 Å². The molecule has 3 aromatic rings. The zero-order valence-electron chi connectivity index (χ0n) is 6.24. The first-order valence-electron chi connectivity index (χ1n) is 3.80. The van der Waals surface area contributed by atoms with Crippen molar-refractivity contribution in [2.75, 3.05) is 0 Å². The molecule has 0 N–H and O–H groups in total. The van der Waals surface area contributed by atoms with Crippen LogP contribution in [-0.4, -0.2) is 4.98 Å². The second-order valence-corrected chi connectivity index (χ2v) is 2.93. The summed E-state index contributed by atoms with van der Waals surface area (Å²) < 4.78 is 0. The number of pyridine rings is 1. The molecule has 0 aliphatic carbocycles. The summed E-state index contributed by atoms with van der Waals surface area (Å²) in [6, 6.07) is 7.85. The lowest BCUT2D eigenvalue weighted by atomic mass is 10.2. The van der Waals surface area contributed by atoms with Gasteiger partial charge in [-0.2, -0.15) is 0 Å². The molecule has 2 nitrogen and oxygen atoms in total. The molecule has 0 saturated carbocycles. The summed E-state index contributed by atoms with van der Waals surface area (Å²) in [6.07, 6.45) is 1.56. The maximum Gasteiger partial charge on any atom is 0.278 e. The molecular weight excluding hydrogens is 150 g/mol. The van der Waals surface area contributed by atoms with E-state index in [1.54, 1.807) is 6.20 Å². The van der Waals surface area contributed by atoms with E-state index in [9.17, 15) is 4.79 Å². The van der Waals surface area contributed by atoms with E-state index < -0.39 is 0 Å². The van der Waals surface area contributed by atoms with Gasteiger partial charge in [0.25, 0.3) is 5.56 Å². The Balaban J connectivity index is 2.73. The average molecular weight is 155 g/mol. The van der Waals surface area contributed by atoms with Crippen molar-refractivity contribution < 1.29 is 0 Å². The number of nitrogens with zero attached hydrogens (tertiary/aromatic N) is 1. The van der Waals surface area contributed by atoms with Gasteiger partial charge in [0.2, 0.25) is 0 Å². The maximum atomic E-state index is 11.3. The van der Waals surface area contributed by atoms with E-state index in [1.165, 1.54) is 5.39 Å². The highest BCUT2D eigenvalue weighted by Crippen LogP contribution is 2.29. The molecular formula is C10H5NO. The third-order valence-electron chi connectivity index (χ3n) is 2.19. The van der Waals surface area contributed by atoms with Crippen molar-refractivity contribution in [2.45, 2.75) is 0 Å². The molecule has 0 radical (unpaired) electrons. The Hall–Kier alpha value is -1.70. The number of hydrogen-bond donors (Lipinski definition) is 0. The molecule has 0 aliphatic rings. The monoisotopic (exact) mass is 155 g/mol. The van der Waals surface area contributed by atoms with E-state index in [-0.39, 0.29) is 5.56 Å². The smallest absolute Gasteiger partial charge is 0.267 e. The van der Waals surface area contributed by atoms with Gasteiger partial charge in [-0.1, -0.05) is 12.1 Å². The van der Waals surface area contributed by atoms with Crippen molar-refractivity contribution in [1.29, 1.82) is 0 Å². The fourth-order valence-corrected chi connectivity index (χ4v) is 1.52. The average Bonchev–Trinajstić information content (AvgIpc) is 2.82. The number of rotatable bonds is 0. The van der Waals surface area contributed by atoms with E-state index >= 15 is 0 Å². The first kappa shape index (κ1) is 5.89. The van der Waals surface area contributed by atoms with Crippen molar-refractivity contribution in [3.63, 3.8) is 0 Å². The summed E-state index contributed by atoms with van der Waals surface area (Å²) in [6.45, 7) is 0. The number of fused-ring (bicyclic) bond motifs is 3. The van der Waals surface area contributed by atoms with Gasteiger partial charge in [0, 0.05) is 6.20 Å². The molecule has 0 amide bonds. The summed E-state index contributed by atoms with van der Waals surface area (Å²) in [7, 11) is 0. The zero-order valence-corrected chi connectivity index (χ0v) is 6.24. The maximum absolute atomic E-state index is 11.3. The standard InChI is InChI=1S/C10H5NO/c12-10-9-6(3-4-11-10)1-2-7-5-8(7)9/h1-5H. The quantitative estimate of drug-likeness (QED) is 0.493. The van der Waals surface area contributed by atoms with Crippen LogP contribution in [0.2, 0.25) is 0 Å². The van der Waals surface area contributed by atoms with Crippen LogP contribution in [0.4, 0.5) is 0 Å². The lowest BCUT2D eigenvalue weighted by Gasteiger charge is -1.90. The van der Waals surface area contributed by atoms with Gasteiger partial charge < -0.3 is 0 Å². The summed E-state index contributed by atoms with van der Waals surface area (Å²) >= 11 is 0. The Morgan fingerprint density at radius 1 is 1.08 bits per heavy atom. The number of hydrogen-bond acceptors (Lipinski definition) is 2. The van der Waals surface area contributed by atoms with Gasteiger partial charge in [0.1, 0.15) is 0 Å². The van der Waals surface area contributed by atoms with Crippen LogP contribution in [0.1, 0.15) is 0 Å². The van der Waals surface area contributed by atoms with E-state index in [0.29, 0.717) is 0 Å². The third-order valence-corrected chi connectivity index (χ3v) is 2.19. The molecule has 0 spiro atoms. The molecule has 0 atom stereocenters. The van der Waals surface area contributed by atoms with Crippen molar-refractivity contribution in [2.24, 2.45) is 0 Å². The largest absolute Gasteiger partial charge is 0.278 e. The van der Waals surface area contributed by atoms with Crippen LogP contribution < -0.4 is 5.56 Å². The number of benzene rings is 1. The predicted molar refractivity (Wildman–Crippen MR) is 47.9 cm³/mol. The Kier molecular flexibility index (Phi) is 0.844. The summed E-state index contributed by atoms with van der Waals surface area (Å²) in [5.74, 6) is 0. The van der Waals surface area contributed by atoms with Gasteiger partial charge in [-0.15, -0.1) is 0 Å². The van der Waals surface area contributed by atoms with Crippen LogP contribution in [0.25, 0.3) is 21.5 Å². The SMILES string of the molecule is O=c1nccc2ccc3cc3c12. The topological polar surface area (TPSA) is 30.0 Å². The van der Waals surface area contributed by atoms with Gasteiger partial charge in [0.05, 0.1) is 5.39 Å². The van der Waals surface area contributed by atoms with Gasteiger partial charge in [0.15, 0.2) is 0 Å². The Morgan fingerprint density at radius 2 is 1.92 bits per heavy atom. The van der Waals surface area contributed by atoms with Crippen LogP contribution in [0.15, 0.2) is 35.3 Å². The van der Waals surface area contributed by atoms with Gasteiger partial charge >= 0.3 is 0 Å². The van der Waals surface area contributed by atoms with Crippen LogP contribution in [0.3, 0.4) is 0 Å². The van der Waals surface area contributed by atoms with Gasteiger partial charge in [-0.05, 0) is 28.3 Å². The second-order valence-electron chi connectivity index (χ2n) is 2.93. The zero-order chi connectivity index (χ0) is 8.13. The molecule has 2 aromatic carbocycles. The van der Waals surface area contributed by atoms with E-state index in [1.807, 2.05) is 24.3 Å². The minimum Gasteiger partial charge on any atom is -0.267 e. The molecule has 0 bridgehead atoms. The van der Waals surface area contributed by atoms with Crippen molar-refractivity contribution in [3.8, 4) is 0 Å². The minimum atomic E-state index is -0.113. The van der Waals surface area contributed by atoms with Crippen LogP contribution in [0.5, 0.6) is 0 Å². The van der Waals surface area contributed by atoms with Crippen LogP contribution in [-0.2, 0) is 0 Å². The first-order chi connectivity index (χ1) is 5.86. The molecule has 0 fully saturated rings. The summed E-state index contributed by atoms with van der Waals surface area (Å²) in [5, 5.41) is 4.01. The molecule has 0 aliphatic heterocycles.